The summed E-state index contributed by atoms with van der Waals surface area (Å²) < 4.78 is 0. The van der Waals surface area contributed by atoms with Crippen molar-refractivity contribution in [1.29, 1.82) is 0 Å². The van der Waals surface area contributed by atoms with Crippen molar-refractivity contribution < 1.29 is 15.0 Å². The summed E-state index contributed by atoms with van der Waals surface area (Å²) in [6.45, 7) is 8.00. The molecule has 9 nitrogen and oxygen atoms in total. The lowest BCUT2D eigenvalue weighted by Gasteiger charge is -2.35. The van der Waals surface area contributed by atoms with E-state index in [0.717, 1.165) is 66.2 Å². The molecular formula is C30H32N6O3. The van der Waals surface area contributed by atoms with Gasteiger partial charge in [-0.05, 0) is 53.6 Å². The van der Waals surface area contributed by atoms with Gasteiger partial charge in [-0.1, -0.05) is 30.8 Å². The summed E-state index contributed by atoms with van der Waals surface area (Å²) in [4.78, 5) is 25.8. The highest BCUT2D eigenvalue weighted by atomic mass is 16.3. The Kier molecular flexibility index (Phi) is 8.12. The molecule has 0 saturated carbocycles. The minimum atomic E-state index is -0.295. The Morgan fingerprint density at radius 3 is 2.51 bits per heavy atom. The molecular weight excluding hydrogens is 492 g/mol. The summed E-state index contributed by atoms with van der Waals surface area (Å²) in [6.07, 6.45) is 2.99. The zero-order valence-electron chi connectivity index (χ0n) is 21.7. The Morgan fingerprint density at radius 1 is 1.00 bits per heavy atom. The molecule has 4 N–H and O–H groups in total. The third kappa shape index (κ3) is 6.06. The normalized spacial score (nSPS) is 13.8. The molecule has 4 aromatic rings. The number of benzene rings is 3. The van der Waals surface area contributed by atoms with Crippen molar-refractivity contribution in [3.8, 4) is 11.1 Å². The first-order valence-electron chi connectivity index (χ1n) is 13.0. The number of nitrogens with zero attached hydrogens (tertiary/aromatic N) is 4. The number of hydrogen-bond donors (Lipinski definition) is 4. The van der Waals surface area contributed by atoms with E-state index in [4.69, 9.17) is 10.1 Å². The number of rotatable bonds is 9. The van der Waals surface area contributed by atoms with Crippen LogP contribution in [0.5, 0.6) is 0 Å². The number of aliphatic hydroxyl groups excluding tert-OH is 2. The highest BCUT2D eigenvalue weighted by Crippen LogP contribution is 2.33. The van der Waals surface area contributed by atoms with Crippen LogP contribution in [-0.4, -0.2) is 70.3 Å². The predicted molar refractivity (Wildman–Crippen MR) is 155 cm³/mol. The van der Waals surface area contributed by atoms with Gasteiger partial charge < -0.3 is 25.7 Å². The van der Waals surface area contributed by atoms with Crippen molar-refractivity contribution in [3.05, 3.63) is 85.1 Å². The third-order valence-electron chi connectivity index (χ3n) is 6.89. The van der Waals surface area contributed by atoms with Crippen molar-refractivity contribution >= 4 is 39.8 Å². The molecule has 0 bridgehead atoms. The Morgan fingerprint density at radius 2 is 1.79 bits per heavy atom. The predicted octanol–water partition coefficient (Wildman–Crippen LogP) is 3.77. The molecule has 0 aliphatic carbocycles. The summed E-state index contributed by atoms with van der Waals surface area (Å²) in [5, 5.41) is 26.2. The summed E-state index contributed by atoms with van der Waals surface area (Å²) in [5.41, 5.74) is 5.67. The van der Waals surface area contributed by atoms with Crippen molar-refractivity contribution in [1.82, 2.24) is 14.9 Å². The van der Waals surface area contributed by atoms with Crippen molar-refractivity contribution in [3.63, 3.8) is 0 Å². The van der Waals surface area contributed by atoms with Crippen LogP contribution in [0.2, 0.25) is 0 Å². The average Bonchev–Trinajstić information content (AvgIpc) is 2.97. The van der Waals surface area contributed by atoms with Gasteiger partial charge in [0, 0.05) is 66.9 Å². The molecule has 1 aliphatic rings. The lowest BCUT2D eigenvalue weighted by atomic mass is 9.96. The van der Waals surface area contributed by atoms with Crippen LogP contribution in [-0.2, 0) is 11.4 Å². The van der Waals surface area contributed by atoms with E-state index in [9.17, 15) is 9.90 Å². The van der Waals surface area contributed by atoms with E-state index < -0.39 is 0 Å². The van der Waals surface area contributed by atoms with E-state index >= 15 is 0 Å². The van der Waals surface area contributed by atoms with Gasteiger partial charge in [0.25, 0.3) is 0 Å². The molecule has 9 heteroatoms. The van der Waals surface area contributed by atoms with Gasteiger partial charge in [0.1, 0.15) is 0 Å². The maximum Gasteiger partial charge on any atom is 0.247 e. The maximum atomic E-state index is 11.8. The van der Waals surface area contributed by atoms with Gasteiger partial charge in [0.2, 0.25) is 11.9 Å². The number of hydrogen-bond acceptors (Lipinski definition) is 8. The molecule has 39 heavy (non-hydrogen) atoms. The molecule has 1 aliphatic heterocycles. The van der Waals surface area contributed by atoms with Crippen LogP contribution < -0.4 is 15.5 Å². The Hall–Kier alpha value is -4.31. The molecule has 2 heterocycles. The number of aromatic nitrogens is 2. The van der Waals surface area contributed by atoms with Crippen LogP contribution in [0.1, 0.15) is 5.56 Å². The van der Waals surface area contributed by atoms with E-state index in [1.54, 1.807) is 12.3 Å². The van der Waals surface area contributed by atoms with Crippen LogP contribution in [0.4, 0.5) is 23.0 Å². The highest BCUT2D eigenvalue weighted by Gasteiger charge is 2.17. The van der Waals surface area contributed by atoms with E-state index in [1.807, 2.05) is 42.5 Å². The first-order chi connectivity index (χ1) is 19.1. The van der Waals surface area contributed by atoms with E-state index in [-0.39, 0.29) is 19.1 Å². The Bertz CT molecular complexity index is 1470. The minimum absolute atomic E-state index is 0.156. The molecule has 1 aromatic heterocycles. The van der Waals surface area contributed by atoms with Crippen LogP contribution in [0.3, 0.4) is 0 Å². The molecule has 3 aromatic carbocycles. The third-order valence-corrected chi connectivity index (χ3v) is 6.89. The second-order valence-corrected chi connectivity index (χ2v) is 9.39. The molecule has 0 radical (unpaired) electrons. The monoisotopic (exact) mass is 524 g/mol. The molecule has 1 fully saturated rings. The van der Waals surface area contributed by atoms with Gasteiger partial charge in [0.15, 0.2) is 0 Å². The van der Waals surface area contributed by atoms with Gasteiger partial charge in [-0.25, -0.2) is 9.97 Å². The molecule has 0 atom stereocenters. The van der Waals surface area contributed by atoms with Crippen LogP contribution in [0.25, 0.3) is 22.0 Å². The second kappa shape index (κ2) is 12.0. The maximum absolute atomic E-state index is 11.8. The number of β-amino-alcohol motifs (C(OH)–C–C–N with tert-alkyl or cyclic N) is 1. The number of carbonyl (C=O) groups is 1. The smallest absolute Gasteiger partial charge is 0.247 e. The van der Waals surface area contributed by atoms with Crippen LogP contribution >= 0.6 is 0 Å². The van der Waals surface area contributed by atoms with Gasteiger partial charge in [-0.3, -0.25) is 9.69 Å². The van der Waals surface area contributed by atoms with Gasteiger partial charge >= 0.3 is 0 Å². The number of fused-ring (bicyclic) bond motifs is 1. The average molecular weight is 525 g/mol. The first kappa shape index (κ1) is 26.3. The number of anilines is 4. The highest BCUT2D eigenvalue weighted by molar-refractivity contribution is 6.00. The molecule has 200 valence electrons. The molecule has 0 unspecified atom stereocenters. The topological polar surface area (TPSA) is 114 Å². The van der Waals surface area contributed by atoms with Crippen LogP contribution in [0.15, 0.2) is 79.5 Å². The number of amides is 1. The molecule has 5 rings (SSSR count). The summed E-state index contributed by atoms with van der Waals surface area (Å²) in [7, 11) is 0. The molecule has 0 spiro atoms. The van der Waals surface area contributed by atoms with Crippen molar-refractivity contribution in [2.24, 2.45) is 0 Å². The van der Waals surface area contributed by atoms with Crippen molar-refractivity contribution in [2.75, 3.05) is 54.9 Å². The summed E-state index contributed by atoms with van der Waals surface area (Å²) in [5.74, 6) is 0.150. The lowest BCUT2D eigenvalue weighted by molar-refractivity contribution is -0.111. The number of piperazine rings is 1. The van der Waals surface area contributed by atoms with E-state index in [2.05, 4.69) is 44.1 Å². The number of carbonyl (C=O) groups excluding carboxylic acids is 1. The fourth-order valence-electron chi connectivity index (χ4n) is 4.85. The fourth-order valence-corrected chi connectivity index (χ4v) is 4.85. The number of nitrogens with one attached hydrogen (secondary N) is 2. The summed E-state index contributed by atoms with van der Waals surface area (Å²) in [6, 6.07) is 19.4. The van der Waals surface area contributed by atoms with E-state index in [0.29, 0.717) is 17.2 Å². The molecule has 1 amide bonds. The largest absolute Gasteiger partial charge is 0.395 e. The van der Waals surface area contributed by atoms with Crippen LogP contribution in [0, 0.1) is 0 Å². The standard InChI is InChI=1S/C30H32N6O3/c1-2-27(39)32-25-5-3-4-21(18-25)28-23(20-38)7-6-22-19-31-30(34-29(22)28)33-24-8-10-26(11-9-24)36-14-12-35(13-15-36)16-17-37/h2-11,18-19,37-38H,1,12-17,20H2,(H,32,39)(H,31,33,34). The zero-order valence-corrected chi connectivity index (χ0v) is 21.7. The Balaban J connectivity index is 1.40. The second-order valence-electron chi connectivity index (χ2n) is 9.39. The van der Waals surface area contributed by atoms with Gasteiger partial charge in [-0.2, -0.15) is 0 Å². The first-order valence-corrected chi connectivity index (χ1v) is 13.0. The fraction of sp³-hybridized carbons (Fsp3) is 0.233. The minimum Gasteiger partial charge on any atom is -0.395 e. The van der Waals surface area contributed by atoms with Crippen molar-refractivity contribution in [2.45, 2.75) is 6.61 Å². The molecule has 1 saturated heterocycles. The van der Waals surface area contributed by atoms with E-state index in [1.165, 1.54) is 6.08 Å². The SMILES string of the molecule is C=CC(=O)Nc1cccc(-c2c(CO)ccc3cnc(Nc4ccc(N5CCN(CCO)CC5)cc4)nc23)c1. The summed E-state index contributed by atoms with van der Waals surface area (Å²) >= 11 is 0. The number of aliphatic hydroxyl groups is 2. The van der Waals surface area contributed by atoms with Gasteiger partial charge in [-0.15, -0.1) is 0 Å². The quantitative estimate of drug-likeness (QED) is 0.245. The Labute approximate surface area is 227 Å². The zero-order chi connectivity index (χ0) is 27.2. The lowest BCUT2D eigenvalue weighted by Crippen LogP contribution is -2.47. The van der Waals surface area contributed by atoms with Gasteiger partial charge in [0.05, 0.1) is 18.7 Å².